The molecule has 164 valence electrons. The number of pyridine rings is 1. The van der Waals surface area contributed by atoms with Gasteiger partial charge in [0.1, 0.15) is 11.5 Å². The molecule has 3 N–H and O–H groups in total. The van der Waals surface area contributed by atoms with Crippen LogP contribution in [0, 0.1) is 5.82 Å². The van der Waals surface area contributed by atoms with E-state index >= 15 is 0 Å². The molecule has 4 rings (SSSR count). The molecule has 2 atom stereocenters. The second-order valence-electron chi connectivity index (χ2n) is 8.28. The molecule has 1 aromatic carbocycles. The minimum atomic E-state index is -1.02. The number of aromatic nitrogens is 1. The maximum Gasteiger partial charge on any atom is 0.407 e. The Hall–Kier alpha value is -3.00. The van der Waals surface area contributed by atoms with E-state index in [0.29, 0.717) is 37.9 Å². The highest BCUT2D eigenvalue weighted by molar-refractivity contribution is 5.93. The summed E-state index contributed by atoms with van der Waals surface area (Å²) in [4.78, 5) is 30.2. The summed E-state index contributed by atoms with van der Waals surface area (Å²) in [5.74, 6) is -0.690. The summed E-state index contributed by atoms with van der Waals surface area (Å²) in [7, 11) is 0. The average molecular weight is 427 g/mol. The molecule has 2 aliphatic rings. The first-order valence-electron chi connectivity index (χ1n) is 10.6. The van der Waals surface area contributed by atoms with Crippen LogP contribution in [0.4, 0.5) is 9.18 Å². The smallest absolute Gasteiger partial charge is 0.407 e. The summed E-state index contributed by atoms with van der Waals surface area (Å²) in [5.41, 5.74) is 3.50. The van der Waals surface area contributed by atoms with Crippen molar-refractivity contribution in [2.45, 2.75) is 57.2 Å². The average Bonchev–Trinajstić information content (AvgIpc) is 2.76. The molecule has 8 heteroatoms. The molecule has 7 nitrogen and oxygen atoms in total. The number of benzene rings is 1. The van der Waals surface area contributed by atoms with E-state index in [1.165, 1.54) is 17.0 Å². The van der Waals surface area contributed by atoms with Gasteiger partial charge in [0.2, 0.25) is 0 Å². The zero-order valence-corrected chi connectivity index (χ0v) is 17.2. The molecule has 31 heavy (non-hydrogen) atoms. The van der Waals surface area contributed by atoms with Gasteiger partial charge in [-0.05, 0) is 60.6 Å². The Morgan fingerprint density at radius 2 is 1.94 bits per heavy atom. The van der Waals surface area contributed by atoms with Gasteiger partial charge >= 0.3 is 6.09 Å². The second kappa shape index (κ2) is 9.01. The van der Waals surface area contributed by atoms with Crippen LogP contribution in [0.15, 0.2) is 30.3 Å². The lowest BCUT2D eigenvalue weighted by Gasteiger charge is -2.29. The summed E-state index contributed by atoms with van der Waals surface area (Å²) >= 11 is 0. The number of nitrogens with one attached hydrogen (secondary N) is 1. The Kier molecular flexibility index (Phi) is 6.18. The zero-order chi connectivity index (χ0) is 22.0. The lowest BCUT2D eigenvalue weighted by Crippen LogP contribution is -2.45. The molecule has 2 aromatic rings. The van der Waals surface area contributed by atoms with E-state index in [1.807, 2.05) is 0 Å². The van der Waals surface area contributed by atoms with Crippen molar-refractivity contribution in [2.75, 3.05) is 6.54 Å². The van der Waals surface area contributed by atoms with Gasteiger partial charge in [-0.25, -0.2) is 14.2 Å². The number of aliphatic hydroxyl groups excluding tert-OH is 1. The van der Waals surface area contributed by atoms with Gasteiger partial charge in [0.15, 0.2) is 0 Å². The largest absolute Gasteiger partial charge is 0.465 e. The van der Waals surface area contributed by atoms with E-state index in [9.17, 15) is 24.2 Å². The van der Waals surface area contributed by atoms with E-state index in [4.69, 9.17) is 0 Å². The molecule has 1 aromatic heterocycles. The first-order valence-corrected chi connectivity index (χ1v) is 10.6. The summed E-state index contributed by atoms with van der Waals surface area (Å²) in [6, 6.07) is 7.62. The molecule has 1 aliphatic carbocycles. The van der Waals surface area contributed by atoms with Crippen molar-refractivity contribution >= 4 is 12.0 Å². The Bertz CT molecular complexity index is 980. The molecule has 0 bridgehead atoms. The van der Waals surface area contributed by atoms with Gasteiger partial charge < -0.3 is 20.4 Å². The molecule has 1 aliphatic heterocycles. The quantitative estimate of drug-likeness (QED) is 0.696. The van der Waals surface area contributed by atoms with Crippen molar-refractivity contribution in [1.82, 2.24) is 15.2 Å². The number of hydrogen-bond acceptors (Lipinski definition) is 4. The van der Waals surface area contributed by atoms with E-state index in [1.54, 1.807) is 18.2 Å². The van der Waals surface area contributed by atoms with Gasteiger partial charge in [-0.1, -0.05) is 25.0 Å². The summed E-state index contributed by atoms with van der Waals surface area (Å²) in [6.07, 6.45) is 2.67. The number of fused-ring (bicyclic) bond motifs is 1. The number of rotatable bonds is 4. The Balaban J connectivity index is 1.64. The molecule has 2 heterocycles. The normalized spacial score (nSPS) is 20.8. The van der Waals surface area contributed by atoms with Gasteiger partial charge in [-0.15, -0.1) is 0 Å². The zero-order valence-electron chi connectivity index (χ0n) is 17.2. The third-order valence-electron chi connectivity index (χ3n) is 6.13. The van der Waals surface area contributed by atoms with E-state index < -0.39 is 12.2 Å². The highest BCUT2D eigenvalue weighted by Crippen LogP contribution is 2.25. The molecule has 2 unspecified atom stereocenters. The number of carbonyl (C=O) groups excluding carboxylic acids is 1. The van der Waals surface area contributed by atoms with Crippen LogP contribution in [0.3, 0.4) is 0 Å². The maximum absolute atomic E-state index is 13.3. The fourth-order valence-electron chi connectivity index (χ4n) is 4.41. The second-order valence-corrected chi connectivity index (χ2v) is 8.28. The van der Waals surface area contributed by atoms with Crippen LogP contribution in [0.2, 0.25) is 0 Å². The molecule has 2 amide bonds. The van der Waals surface area contributed by atoms with Crippen molar-refractivity contribution in [2.24, 2.45) is 0 Å². The van der Waals surface area contributed by atoms with Crippen LogP contribution in [0.1, 0.15) is 58.6 Å². The minimum absolute atomic E-state index is 0.119. The van der Waals surface area contributed by atoms with Crippen molar-refractivity contribution in [1.29, 1.82) is 0 Å². The Morgan fingerprint density at radius 1 is 1.19 bits per heavy atom. The van der Waals surface area contributed by atoms with Gasteiger partial charge in [-0.2, -0.15) is 0 Å². The highest BCUT2D eigenvalue weighted by Gasteiger charge is 2.28. The first-order chi connectivity index (χ1) is 14.9. The number of hydrogen-bond donors (Lipinski definition) is 3. The van der Waals surface area contributed by atoms with Crippen LogP contribution < -0.4 is 5.32 Å². The number of nitrogens with zero attached hydrogens (tertiary/aromatic N) is 2. The molecule has 0 radical (unpaired) electrons. The van der Waals surface area contributed by atoms with E-state index in [0.717, 1.165) is 29.5 Å². The molecule has 1 saturated carbocycles. The highest BCUT2D eigenvalue weighted by atomic mass is 19.1. The van der Waals surface area contributed by atoms with E-state index in [2.05, 4.69) is 10.3 Å². The molecule has 0 saturated heterocycles. The lowest BCUT2D eigenvalue weighted by molar-refractivity contribution is 0.0713. The number of halogens is 1. The fraction of sp³-hybridized carbons (Fsp3) is 0.435. The number of aliphatic hydroxyl groups is 1. The fourth-order valence-corrected chi connectivity index (χ4v) is 4.41. The monoisotopic (exact) mass is 427 g/mol. The number of amides is 2. The van der Waals surface area contributed by atoms with Gasteiger partial charge in [0.25, 0.3) is 5.91 Å². The molecule has 0 spiro atoms. The standard InChI is InChI=1S/C23H26FN3O4/c24-16-7-5-14(6-8-16)11-15-12-19(22(29)26-18-3-1-2-4-21(18)28)25-20-13-27(23(30)31)10-9-17(15)20/h5-8,12,18,21,28H,1-4,9-11,13H2,(H,26,29)(H,30,31). The minimum Gasteiger partial charge on any atom is -0.465 e. The first kappa shape index (κ1) is 21.2. The van der Waals surface area contributed by atoms with Crippen LogP contribution in [0.5, 0.6) is 0 Å². The molecular formula is C23H26FN3O4. The summed E-state index contributed by atoms with van der Waals surface area (Å²) < 4.78 is 13.3. The topological polar surface area (TPSA) is 103 Å². The summed E-state index contributed by atoms with van der Waals surface area (Å²) in [6.45, 7) is 0.481. The predicted molar refractivity (Wildman–Crippen MR) is 111 cm³/mol. The third kappa shape index (κ3) is 4.85. The molecular weight excluding hydrogens is 401 g/mol. The predicted octanol–water partition coefficient (Wildman–Crippen LogP) is 2.88. The van der Waals surface area contributed by atoms with Gasteiger partial charge in [0, 0.05) is 6.54 Å². The van der Waals surface area contributed by atoms with Crippen molar-refractivity contribution < 1.29 is 24.2 Å². The van der Waals surface area contributed by atoms with Crippen LogP contribution >= 0.6 is 0 Å². The van der Waals surface area contributed by atoms with Crippen molar-refractivity contribution in [3.8, 4) is 0 Å². The SMILES string of the molecule is O=C(NC1CCCCC1O)c1cc(Cc2ccc(F)cc2)c2c(n1)CN(C(=O)O)CC2. The van der Waals surface area contributed by atoms with E-state index in [-0.39, 0.29) is 30.0 Å². The van der Waals surface area contributed by atoms with Crippen molar-refractivity contribution in [3.05, 3.63) is 64.2 Å². The Labute approximate surface area is 179 Å². The van der Waals surface area contributed by atoms with Gasteiger partial charge in [-0.3, -0.25) is 4.79 Å². The van der Waals surface area contributed by atoms with Gasteiger partial charge in [0.05, 0.1) is 24.4 Å². The van der Waals surface area contributed by atoms with Crippen LogP contribution in [-0.2, 0) is 19.4 Å². The van der Waals surface area contributed by atoms with Crippen LogP contribution in [-0.4, -0.2) is 50.8 Å². The maximum atomic E-state index is 13.3. The van der Waals surface area contributed by atoms with Crippen molar-refractivity contribution in [3.63, 3.8) is 0 Å². The number of carboxylic acid groups (broad SMARTS) is 1. The third-order valence-corrected chi connectivity index (χ3v) is 6.13. The molecule has 1 fully saturated rings. The Morgan fingerprint density at radius 3 is 2.65 bits per heavy atom. The number of carbonyl (C=O) groups is 2. The van der Waals surface area contributed by atoms with Crippen LogP contribution in [0.25, 0.3) is 0 Å². The lowest BCUT2D eigenvalue weighted by atomic mass is 9.92. The summed E-state index contributed by atoms with van der Waals surface area (Å²) in [5, 5.41) is 22.5.